The number of rotatable bonds is 4. The molecule has 1 aliphatic rings. The van der Waals surface area contributed by atoms with Crippen LogP contribution in [0, 0.1) is 17.5 Å². The summed E-state index contributed by atoms with van der Waals surface area (Å²) in [7, 11) is 2.06. The monoisotopic (exact) mass is 465 g/mol. The Bertz CT molecular complexity index is 1370. The van der Waals surface area contributed by atoms with E-state index in [4.69, 9.17) is 9.40 Å². The first kappa shape index (κ1) is 22.2. The molecule has 2 aromatic heterocycles. The van der Waals surface area contributed by atoms with Gasteiger partial charge in [0, 0.05) is 29.3 Å². The van der Waals surface area contributed by atoms with Gasteiger partial charge in [-0.25, -0.2) is 18.2 Å². The zero-order valence-electron chi connectivity index (χ0n) is 18.5. The van der Waals surface area contributed by atoms with Crippen molar-refractivity contribution in [1.29, 1.82) is 0 Å². The van der Waals surface area contributed by atoms with Gasteiger partial charge in [-0.1, -0.05) is 6.07 Å². The van der Waals surface area contributed by atoms with E-state index in [-0.39, 0.29) is 11.7 Å². The first-order valence-electron chi connectivity index (χ1n) is 11.0. The first-order valence-corrected chi connectivity index (χ1v) is 11.0. The van der Waals surface area contributed by atoms with Crippen LogP contribution in [0.4, 0.5) is 13.2 Å². The molecule has 1 fully saturated rings. The summed E-state index contributed by atoms with van der Waals surface area (Å²) >= 11 is 0. The Morgan fingerprint density at radius 2 is 1.56 bits per heavy atom. The van der Waals surface area contributed by atoms with Crippen molar-refractivity contribution in [2.24, 2.45) is 0 Å². The van der Waals surface area contributed by atoms with Crippen molar-refractivity contribution in [1.82, 2.24) is 14.5 Å². The molecule has 4 aromatic rings. The number of para-hydroxylation sites is 1. The Morgan fingerprint density at radius 3 is 2.24 bits per heavy atom. The highest BCUT2D eigenvalue weighted by Gasteiger charge is 2.26. The highest BCUT2D eigenvalue weighted by molar-refractivity contribution is 5.76. The highest BCUT2D eigenvalue weighted by Crippen LogP contribution is 2.37. The molecule has 1 saturated heterocycles. The molecule has 5 nitrogen and oxygen atoms in total. The molecular weight excluding hydrogens is 443 g/mol. The number of pyridine rings is 1. The first-order chi connectivity index (χ1) is 16.4. The minimum atomic E-state index is -0.856. The third-order valence-corrected chi connectivity index (χ3v) is 6.18. The lowest BCUT2D eigenvalue weighted by Crippen LogP contribution is -2.29. The predicted molar refractivity (Wildman–Crippen MR) is 122 cm³/mol. The maximum absolute atomic E-state index is 14.4. The molecule has 8 heteroatoms. The predicted octanol–water partition coefficient (Wildman–Crippen LogP) is 5.39. The van der Waals surface area contributed by atoms with Gasteiger partial charge < -0.3 is 9.32 Å². The normalized spacial score (nSPS) is 15.1. The Morgan fingerprint density at radius 1 is 0.912 bits per heavy atom. The maximum Gasteiger partial charge on any atom is 0.255 e. The van der Waals surface area contributed by atoms with E-state index in [9.17, 15) is 18.0 Å². The van der Waals surface area contributed by atoms with Crippen LogP contribution in [0.3, 0.4) is 0 Å². The fourth-order valence-corrected chi connectivity index (χ4v) is 4.28. The number of benzene rings is 2. The molecule has 0 saturated carbocycles. The SMILES string of the molecule is CN1CCC(c2nc(-c3ccc(=O)n(-c4c(F)cccc4F)c3)c(-c3ccc(F)cc3)o2)CC1. The van der Waals surface area contributed by atoms with E-state index in [1.54, 1.807) is 18.2 Å². The number of piperidine rings is 1. The van der Waals surface area contributed by atoms with Gasteiger partial charge in [-0.3, -0.25) is 9.36 Å². The average molecular weight is 465 g/mol. The summed E-state index contributed by atoms with van der Waals surface area (Å²) < 4.78 is 49.6. The number of hydrogen-bond donors (Lipinski definition) is 0. The lowest BCUT2D eigenvalue weighted by Gasteiger charge is -2.26. The third kappa shape index (κ3) is 4.17. The number of nitrogens with zero attached hydrogens (tertiary/aromatic N) is 3. The van der Waals surface area contributed by atoms with Gasteiger partial charge in [0.2, 0.25) is 0 Å². The van der Waals surface area contributed by atoms with E-state index < -0.39 is 22.9 Å². The Kier molecular flexibility index (Phi) is 5.83. The zero-order valence-corrected chi connectivity index (χ0v) is 18.5. The summed E-state index contributed by atoms with van der Waals surface area (Å²) in [5.74, 6) is -1.02. The standard InChI is InChI=1S/C26H22F3N3O2/c1-31-13-11-17(12-14-31)26-30-23(25(34-26)16-5-8-19(27)9-6-16)18-7-10-22(33)32(15-18)24-20(28)3-2-4-21(24)29/h2-10,15,17H,11-14H2,1H3. The summed E-state index contributed by atoms with van der Waals surface area (Å²) in [5, 5.41) is 0. The number of aromatic nitrogens is 2. The molecule has 3 heterocycles. The molecule has 0 amide bonds. The van der Waals surface area contributed by atoms with Crippen molar-refractivity contribution < 1.29 is 17.6 Å². The second-order valence-electron chi connectivity index (χ2n) is 8.51. The Labute approximate surface area is 194 Å². The topological polar surface area (TPSA) is 51.3 Å². The van der Waals surface area contributed by atoms with E-state index in [1.165, 1.54) is 30.5 Å². The molecule has 5 rings (SSSR count). The Hall–Kier alpha value is -3.65. The second kappa shape index (κ2) is 8.95. The minimum absolute atomic E-state index is 0.110. The average Bonchev–Trinajstić information content (AvgIpc) is 3.26. The van der Waals surface area contributed by atoms with Crippen LogP contribution in [0.2, 0.25) is 0 Å². The number of hydrogen-bond acceptors (Lipinski definition) is 4. The van der Waals surface area contributed by atoms with E-state index in [0.29, 0.717) is 28.5 Å². The molecule has 0 N–H and O–H groups in total. The molecule has 174 valence electrons. The quantitative estimate of drug-likeness (QED) is 0.406. The van der Waals surface area contributed by atoms with Crippen molar-refractivity contribution in [2.75, 3.05) is 20.1 Å². The minimum Gasteiger partial charge on any atom is -0.440 e. The van der Waals surface area contributed by atoms with Gasteiger partial charge in [0.15, 0.2) is 11.7 Å². The van der Waals surface area contributed by atoms with Gasteiger partial charge in [-0.2, -0.15) is 0 Å². The van der Waals surface area contributed by atoms with Crippen LogP contribution in [0.15, 0.2) is 70.0 Å². The number of oxazole rings is 1. The smallest absolute Gasteiger partial charge is 0.255 e. The van der Waals surface area contributed by atoms with Crippen molar-refractivity contribution in [2.45, 2.75) is 18.8 Å². The molecule has 1 aliphatic heterocycles. The molecule has 0 unspecified atom stereocenters. The fraction of sp³-hybridized carbons (Fsp3) is 0.231. The van der Waals surface area contributed by atoms with Crippen LogP contribution in [0.25, 0.3) is 28.3 Å². The summed E-state index contributed by atoms with van der Waals surface area (Å²) in [4.78, 5) is 19.5. The van der Waals surface area contributed by atoms with Crippen LogP contribution in [0.1, 0.15) is 24.7 Å². The van der Waals surface area contributed by atoms with E-state index in [1.807, 2.05) is 0 Å². The molecule has 0 spiro atoms. The molecule has 0 aliphatic carbocycles. The van der Waals surface area contributed by atoms with Crippen LogP contribution in [-0.4, -0.2) is 34.6 Å². The van der Waals surface area contributed by atoms with Crippen LogP contribution < -0.4 is 5.56 Å². The summed E-state index contributed by atoms with van der Waals surface area (Å²) in [6.45, 7) is 1.82. The lowest BCUT2D eigenvalue weighted by molar-refractivity contribution is 0.238. The molecule has 2 aromatic carbocycles. The molecule has 34 heavy (non-hydrogen) atoms. The van der Waals surface area contributed by atoms with Gasteiger partial charge in [-0.05, 0) is 75.4 Å². The van der Waals surface area contributed by atoms with Crippen molar-refractivity contribution in [3.05, 3.63) is 94.5 Å². The number of halogens is 3. The molecule has 0 atom stereocenters. The van der Waals surface area contributed by atoms with Crippen LogP contribution >= 0.6 is 0 Å². The maximum atomic E-state index is 14.4. The summed E-state index contributed by atoms with van der Waals surface area (Å²) in [5.41, 5.74) is 0.431. The fourth-order valence-electron chi connectivity index (χ4n) is 4.28. The molecule has 0 radical (unpaired) electrons. The second-order valence-corrected chi connectivity index (χ2v) is 8.51. The van der Waals surface area contributed by atoms with Gasteiger partial charge in [0.25, 0.3) is 5.56 Å². The number of likely N-dealkylation sites (tertiary alicyclic amines) is 1. The summed E-state index contributed by atoms with van der Waals surface area (Å²) in [6, 6.07) is 12.0. The van der Waals surface area contributed by atoms with Crippen molar-refractivity contribution >= 4 is 0 Å². The zero-order chi connectivity index (χ0) is 23.8. The molecular formula is C26H22F3N3O2. The van der Waals surface area contributed by atoms with Gasteiger partial charge in [0.05, 0.1) is 0 Å². The molecule has 0 bridgehead atoms. The lowest BCUT2D eigenvalue weighted by atomic mass is 9.97. The summed E-state index contributed by atoms with van der Waals surface area (Å²) in [6.07, 6.45) is 3.10. The van der Waals surface area contributed by atoms with E-state index >= 15 is 0 Å². The van der Waals surface area contributed by atoms with Gasteiger partial charge >= 0.3 is 0 Å². The Balaban J connectivity index is 1.65. The largest absolute Gasteiger partial charge is 0.440 e. The van der Waals surface area contributed by atoms with Crippen molar-refractivity contribution in [3.63, 3.8) is 0 Å². The third-order valence-electron chi connectivity index (χ3n) is 6.18. The van der Waals surface area contributed by atoms with E-state index in [0.717, 1.165) is 42.6 Å². The highest BCUT2D eigenvalue weighted by atomic mass is 19.1. The van der Waals surface area contributed by atoms with Crippen LogP contribution in [0.5, 0.6) is 0 Å². The van der Waals surface area contributed by atoms with Crippen molar-refractivity contribution in [3.8, 4) is 28.3 Å². The van der Waals surface area contributed by atoms with E-state index in [2.05, 4.69) is 11.9 Å². The van der Waals surface area contributed by atoms with Gasteiger partial charge in [0.1, 0.15) is 28.8 Å². The van der Waals surface area contributed by atoms with Crippen LogP contribution in [-0.2, 0) is 0 Å². The van der Waals surface area contributed by atoms with Gasteiger partial charge in [-0.15, -0.1) is 0 Å².